The van der Waals surface area contributed by atoms with Crippen molar-refractivity contribution in [3.8, 4) is 5.75 Å². The van der Waals surface area contributed by atoms with Crippen LogP contribution in [0.25, 0.3) is 0 Å². The van der Waals surface area contributed by atoms with Gasteiger partial charge in [-0.15, -0.1) is 0 Å². The molecule has 1 saturated heterocycles. The largest absolute Gasteiger partial charge is 0.493 e. The number of hydrogen-bond acceptors (Lipinski definition) is 6. The number of aromatic nitrogens is 1. The van der Waals surface area contributed by atoms with Gasteiger partial charge in [-0.25, -0.2) is 4.98 Å². The lowest BCUT2D eigenvalue weighted by atomic mass is 9.83. The van der Waals surface area contributed by atoms with Crippen molar-refractivity contribution in [1.29, 1.82) is 0 Å². The third kappa shape index (κ3) is 6.48. The third-order valence-electron chi connectivity index (χ3n) is 8.94. The van der Waals surface area contributed by atoms with Crippen LogP contribution in [0.1, 0.15) is 69.8 Å². The molecule has 1 N–H and O–H groups in total. The number of pyridine rings is 1. The van der Waals surface area contributed by atoms with Crippen molar-refractivity contribution in [2.75, 3.05) is 51.3 Å². The van der Waals surface area contributed by atoms with Crippen molar-refractivity contribution >= 4 is 11.7 Å². The number of carbonyl (C=O) groups is 1. The molecule has 0 unspecified atom stereocenters. The summed E-state index contributed by atoms with van der Waals surface area (Å²) < 4.78 is 11.2. The molecule has 2 aliphatic heterocycles. The average molecular weight is 485 g/mol. The third-order valence-corrected chi connectivity index (χ3v) is 8.94. The molecular weight excluding hydrogens is 440 g/mol. The molecule has 194 valence electrons. The van der Waals surface area contributed by atoms with Crippen molar-refractivity contribution in [3.05, 3.63) is 17.8 Å². The Labute approximate surface area is 210 Å². The molecule has 0 radical (unpaired) electrons. The van der Waals surface area contributed by atoms with Gasteiger partial charge in [-0.2, -0.15) is 0 Å². The minimum Gasteiger partial charge on any atom is -0.493 e. The van der Waals surface area contributed by atoms with Gasteiger partial charge in [-0.1, -0.05) is 0 Å². The average Bonchev–Trinajstić information content (AvgIpc) is 3.38. The van der Waals surface area contributed by atoms with Gasteiger partial charge in [-0.05, 0) is 82.2 Å². The van der Waals surface area contributed by atoms with Crippen LogP contribution in [0, 0.1) is 11.8 Å². The molecule has 7 heteroatoms. The molecule has 7 nitrogen and oxygen atoms in total. The number of fused-ring (bicyclic) bond motifs is 1. The van der Waals surface area contributed by atoms with E-state index in [-0.39, 0.29) is 5.91 Å². The van der Waals surface area contributed by atoms with E-state index in [4.69, 9.17) is 9.47 Å². The fourth-order valence-electron chi connectivity index (χ4n) is 6.63. The normalized spacial score (nSPS) is 29.5. The highest BCUT2D eigenvalue weighted by atomic mass is 16.5. The van der Waals surface area contributed by atoms with E-state index in [0.29, 0.717) is 24.5 Å². The summed E-state index contributed by atoms with van der Waals surface area (Å²) in [5.41, 5.74) is 1.29. The summed E-state index contributed by atoms with van der Waals surface area (Å²) in [4.78, 5) is 22.3. The van der Waals surface area contributed by atoms with Gasteiger partial charge in [0.2, 0.25) is 5.91 Å². The molecule has 3 fully saturated rings. The summed E-state index contributed by atoms with van der Waals surface area (Å²) in [5.74, 6) is 3.80. The van der Waals surface area contributed by atoms with Gasteiger partial charge in [-0.3, -0.25) is 9.69 Å². The summed E-state index contributed by atoms with van der Waals surface area (Å²) in [6, 6.07) is 2.39. The highest BCUT2D eigenvalue weighted by Gasteiger charge is 2.28. The maximum Gasteiger partial charge on any atom is 0.220 e. The zero-order valence-corrected chi connectivity index (χ0v) is 21.6. The molecular formula is C28H44N4O3. The Morgan fingerprint density at radius 2 is 1.80 bits per heavy atom. The molecule has 4 aliphatic rings. The van der Waals surface area contributed by atoms with Crippen LogP contribution in [0.15, 0.2) is 12.3 Å². The highest BCUT2D eigenvalue weighted by Crippen LogP contribution is 2.33. The predicted octanol–water partition coefficient (Wildman–Crippen LogP) is 3.80. The molecule has 3 heterocycles. The van der Waals surface area contributed by atoms with E-state index in [1.165, 1.54) is 31.4 Å². The standard InChI is InChI=1S/C28H44N4O3/c1-34-24-8-4-22(5-9-24)20-27(33)30-23-6-2-21(3-7-23)11-14-31-15-17-32(18-16-31)28-25-12-19-35-26(25)10-13-29-28/h10,13,21-24H,2-9,11-12,14-20H2,1H3,(H,30,33)/t21-,22-,23-,24-. The van der Waals surface area contributed by atoms with Crippen LogP contribution in [-0.2, 0) is 16.0 Å². The zero-order valence-electron chi connectivity index (χ0n) is 21.6. The number of nitrogens with zero attached hydrogens (tertiary/aromatic N) is 3. The summed E-state index contributed by atoms with van der Waals surface area (Å²) in [6.45, 7) is 6.32. The van der Waals surface area contributed by atoms with Gasteiger partial charge >= 0.3 is 0 Å². The van der Waals surface area contributed by atoms with Crippen LogP contribution in [0.3, 0.4) is 0 Å². The second-order valence-corrected chi connectivity index (χ2v) is 11.2. The number of methoxy groups -OCH3 is 1. The second-order valence-electron chi connectivity index (χ2n) is 11.2. The smallest absolute Gasteiger partial charge is 0.220 e. The van der Waals surface area contributed by atoms with Crippen LogP contribution in [0.2, 0.25) is 0 Å². The molecule has 1 aromatic rings. The molecule has 0 spiro atoms. The monoisotopic (exact) mass is 484 g/mol. The van der Waals surface area contributed by atoms with E-state index in [0.717, 1.165) is 95.2 Å². The van der Waals surface area contributed by atoms with Crippen LogP contribution in [0.5, 0.6) is 5.75 Å². The Balaban J connectivity index is 0.963. The SMILES string of the molecule is CO[C@H]1CC[C@H](CC(=O)N[C@H]2CC[C@H](CCN3CCN(c4nccc5c4CCO5)CC3)CC2)CC1. The first-order valence-electron chi connectivity index (χ1n) is 14.1. The van der Waals surface area contributed by atoms with Crippen molar-refractivity contribution in [2.24, 2.45) is 11.8 Å². The van der Waals surface area contributed by atoms with Crippen LogP contribution in [-0.4, -0.2) is 74.4 Å². The molecule has 2 aliphatic carbocycles. The first-order chi connectivity index (χ1) is 17.2. The number of anilines is 1. The Hall–Kier alpha value is -1.86. The lowest BCUT2D eigenvalue weighted by Crippen LogP contribution is -2.47. The Morgan fingerprint density at radius 3 is 2.54 bits per heavy atom. The van der Waals surface area contributed by atoms with Crippen molar-refractivity contribution < 1.29 is 14.3 Å². The quantitative estimate of drug-likeness (QED) is 0.606. The van der Waals surface area contributed by atoms with Crippen LogP contribution in [0.4, 0.5) is 5.82 Å². The van der Waals surface area contributed by atoms with E-state index in [1.807, 2.05) is 12.3 Å². The molecule has 1 amide bonds. The number of amides is 1. The van der Waals surface area contributed by atoms with Crippen molar-refractivity contribution in [3.63, 3.8) is 0 Å². The summed E-state index contributed by atoms with van der Waals surface area (Å²) in [5, 5.41) is 3.35. The van der Waals surface area contributed by atoms with Gasteiger partial charge in [0.15, 0.2) is 0 Å². The Morgan fingerprint density at radius 1 is 1.06 bits per heavy atom. The first-order valence-corrected chi connectivity index (χ1v) is 14.1. The maximum absolute atomic E-state index is 12.6. The fourth-order valence-corrected chi connectivity index (χ4v) is 6.63. The highest BCUT2D eigenvalue weighted by molar-refractivity contribution is 5.76. The number of carbonyl (C=O) groups excluding carboxylic acids is 1. The van der Waals surface area contributed by atoms with E-state index in [1.54, 1.807) is 7.11 Å². The van der Waals surface area contributed by atoms with Crippen LogP contribution < -0.4 is 15.0 Å². The first kappa shape index (κ1) is 24.8. The van der Waals surface area contributed by atoms with E-state index >= 15 is 0 Å². The number of rotatable bonds is 8. The molecule has 0 atom stereocenters. The van der Waals surface area contributed by atoms with Gasteiger partial charge in [0.25, 0.3) is 0 Å². The molecule has 2 saturated carbocycles. The summed E-state index contributed by atoms with van der Waals surface area (Å²) in [7, 11) is 1.80. The molecule has 5 rings (SSSR count). The molecule has 0 bridgehead atoms. The summed E-state index contributed by atoms with van der Waals surface area (Å²) in [6.07, 6.45) is 14.5. The minimum absolute atomic E-state index is 0.275. The lowest BCUT2D eigenvalue weighted by Gasteiger charge is -2.37. The van der Waals surface area contributed by atoms with Gasteiger partial charge in [0.05, 0.1) is 12.7 Å². The summed E-state index contributed by atoms with van der Waals surface area (Å²) >= 11 is 0. The number of nitrogens with one attached hydrogen (secondary N) is 1. The van der Waals surface area contributed by atoms with E-state index in [2.05, 4.69) is 20.1 Å². The van der Waals surface area contributed by atoms with E-state index in [9.17, 15) is 4.79 Å². The number of hydrogen-bond donors (Lipinski definition) is 1. The van der Waals surface area contributed by atoms with Crippen LogP contribution >= 0.6 is 0 Å². The lowest BCUT2D eigenvalue weighted by molar-refractivity contribution is -0.123. The second kappa shape index (κ2) is 11.9. The van der Waals surface area contributed by atoms with Gasteiger partial charge in [0.1, 0.15) is 11.6 Å². The fraction of sp³-hybridized carbons (Fsp3) is 0.786. The molecule has 0 aromatic carbocycles. The van der Waals surface area contributed by atoms with Crippen molar-refractivity contribution in [2.45, 2.75) is 82.8 Å². The number of ether oxygens (including phenoxy) is 2. The van der Waals surface area contributed by atoms with Gasteiger partial charge < -0.3 is 19.7 Å². The Kier molecular flexibility index (Phi) is 8.45. The Bertz CT molecular complexity index is 825. The molecule has 35 heavy (non-hydrogen) atoms. The van der Waals surface area contributed by atoms with E-state index < -0.39 is 0 Å². The minimum atomic E-state index is 0.275. The predicted molar refractivity (Wildman–Crippen MR) is 138 cm³/mol. The van der Waals surface area contributed by atoms with Gasteiger partial charge in [0, 0.05) is 63.9 Å². The number of piperazine rings is 1. The molecule has 1 aromatic heterocycles. The zero-order chi connectivity index (χ0) is 24.0. The topological polar surface area (TPSA) is 66.9 Å². The maximum atomic E-state index is 12.6. The van der Waals surface area contributed by atoms with Crippen molar-refractivity contribution in [1.82, 2.24) is 15.2 Å².